The summed E-state index contributed by atoms with van der Waals surface area (Å²) in [6.07, 6.45) is -2.74. The highest BCUT2D eigenvalue weighted by atomic mass is 16.6. The molecule has 9 nitrogen and oxygen atoms in total. The summed E-state index contributed by atoms with van der Waals surface area (Å²) < 4.78 is 31.6. The lowest BCUT2D eigenvalue weighted by Crippen LogP contribution is -2.60. The number of carbonyl (C=O) groups is 4. The van der Waals surface area contributed by atoms with Crippen LogP contribution in [-0.4, -0.2) is 59.5 Å². The van der Waals surface area contributed by atoms with E-state index in [1.54, 1.807) is 0 Å². The fraction of sp³-hybridized carbons (Fsp3) is 0.750. The Balaban J connectivity index is 1.73. The Morgan fingerprint density at radius 3 is 2.58 bits per heavy atom. The van der Waals surface area contributed by atoms with Crippen molar-refractivity contribution in [2.45, 2.75) is 76.3 Å². The highest BCUT2D eigenvalue weighted by Crippen LogP contribution is 2.79. The molecule has 10 atom stereocenters. The molecule has 0 radical (unpaired) electrons. The van der Waals surface area contributed by atoms with E-state index >= 15 is 0 Å². The second-order valence-corrected chi connectivity index (χ2v) is 10.6. The molecule has 1 heterocycles. The van der Waals surface area contributed by atoms with Crippen molar-refractivity contribution in [1.82, 2.24) is 0 Å². The summed E-state index contributed by atoms with van der Waals surface area (Å²) in [6, 6.07) is 0. The minimum Gasteiger partial charge on any atom is -0.469 e. The van der Waals surface area contributed by atoms with Gasteiger partial charge in [-0.05, 0) is 43.6 Å². The number of hydrogen-bond donors (Lipinski definition) is 1. The zero-order valence-corrected chi connectivity index (χ0v) is 19.2. The van der Waals surface area contributed by atoms with Gasteiger partial charge in [-0.15, -0.1) is 0 Å². The van der Waals surface area contributed by atoms with Crippen LogP contribution in [0.1, 0.15) is 54.2 Å². The minimum atomic E-state index is -1.60. The summed E-state index contributed by atoms with van der Waals surface area (Å²) in [6.45, 7) is 8.21. The fourth-order valence-electron chi connectivity index (χ4n) is 8.19. The van der Waals surface area contributed by atoms with Crippen molar-refractivity contribution in [3.8, 4) is 0 Å². The molecule has 4 aliphatic carbocycles. The number of fused-ring (bicyclic) bond motifs is 1. The molecular weight excluding hydrogens is 432 g/mol. The van der Waals surface area contributed by atoms with Gasteiger partial charge in [-0.3, -0.25) is 19.2 Å². The van der Waals surface area contributed by atoms with Crippen LogP contribution in [0.5, 0.6) is 0 Å². The lowest BCUT2D eigenvalue weighted by Gasteiger charge is -2.48. The van der Waals surface area contributed by atoms with Crippen LogP contribution in [0.2, 0.25) is 0 Å². The van der Waals surface area contributed by atoms with E-state index < -0.39 is 82.3 Å². The molecule has 1 N–H and O–H groups in total. The first-order chi connectivity index (χ1) is 15.8. The molecule has 180 valence electrons. The van der Waals surface area contributed by atoms with Crippen molar-refractivity contribution in [1.29, 1.82) is 0 Å². The average Bonchev–Trinajstić information content (AvgIpc) is 3.21. The van der Waals surface area contributed by atoms with Crippen LogP contribution < -0.4 is 0 Å². The van der Waals surface area contributed by atoms with Crippen LogP contribution in [-0.2, 0) is 38.1 Å². The van der Waals surface area contributed by atoms with E-state index in [2.05, 4.69) is 6.58 Å². The van der Waals surface area contributed by atoms with Crippen LogP contribution >= 0.6 is 0 Å². The normalized spacial score (nSPS) is 51.7. The summed E-state index contributed by atoms with van der Waals surface area (Å²) in [7, 11) is 1.26. The van der Waals surface area contributed by atoms with E-state index in [0.29, 0.717) is 24.8 Å². The quantitative estimate of drug-likeness (QED) is 0.376. The average molecular weight is 464 g/mol. The SMILES string of the molecule is [2H][C@@H]1[C@@H](OC(C)=O)[C@H](O)[C@]2(C)C(=O)O[C@@]13[C@@H]1CC[C@]4(OC(C)=O)C[C@]1(CC4=C)[C@@H](C(=O)OC)[C@H]23. The highest BCUT2D eigenvalue weighted by molar-refractivity contribution is 5.86. The zero-order valence-electron chi connectivity index (χ0n) is 20.2. The lowest BCUT2D eigenvalue weighted by atomic mass is 9.58. The molecule has 9 heteroatoms. The monoisotopic (exact) mass is 463 g/mol. The number of aliphatic hydroxyl groups excluding tert-OH is 1. The third kappa shape index (κ3) is 2.46. The molecule has 5 rings (SSSR count). The molecule has 0 aromatic carbocycles. The molecule has 33 heavy (non-hydrogen) atoms. The molecule has 0 unspecified atom stereocenters. The summed E-state index contributed by atoms with van der Waals surface area (Å²) in [4.78, 5) is 50.6. The second kappa shape index (κ2) is 6.58. The maximum Gasteiger partial charge on any atom is 0.315 e. The van der Waals surface area contributed by atoms with Crippen molar-refractivity contribution >= 4 is 23.9 Å². The Bertz CT molecular complexity index is 1030. The fourth-order valence-corrected chi connectivity index (χ4v) is 8.19. The zero-order chi connectivity index (χ0) is 25.0. The first-order valence-corrected chi connectivity index (χ1v) is 11.3. The van der Waals surface area contributed by atoms with Crippen LogP contribution in [0.3, 0.4) is 0 Å². The van der Waals surface area contributed by atoms with Gasteiger partial charge >= 0.3 is 23.9 Å². The van der Waals surface area contributed by atoms with Gasteiger partial charge in [0.15, 0.2) is 0 Å². The topological polar surface area (TPSA) is 125 Å². The Morgan fingerprint density at radius 1 is 1.27 bits per heavy atom. The predicted molar refractivity (Wildman–Crippen MR) is 110 cm³/mol. The highest BCUT2D eigenvalue weighted by Gasteiger charge is 2.86. The second-order valence-electron chi connectivity index (χ2n) is 10.6. The largest absolute Gasteiger partial charge is 0.469 e. The molecule has 0 amide bonds. The van der Waals surface area contributed by atoms with E-state index in [4.69, 9.17) is 20.3 Å². The van der Waals surface area contributed by atoms with Gasteiger partial charge < -0.3 is 24.1 Å². The summed E-state index contributed by atoms with van der Waals surface area (Å²) >= 11 is 0. The summed E-state index contributed by atoms with van der Waals surface area (Å²) in [5, 5.41) is 11.3. The van der Waals surface area contributed by atoms with Gasteiger partial charge in [0, 0.05) is 33.5 Å². The maximum atomic E-state index is 13.4. The van der Waals surface area contributed by atoms with Gasteiger partial charge in [0.1, 0.15) is 28.8 Å². The maximum absolute atomic E-state index is 13.4. The van der Waals surface area contributed by atoms with E-state index in [1.165, 1.54) is 27.9 Å². The van der Waals surface area contributed by atoms with E-state index in [9.17, 15) is 24.3 Å². The number of rotatable bonds is 3. The molecule has 0 aromatic rings. The number of methoxy groups -OCH3 is 1. The third-order valence-electron chi connectivity index (χ3n) is 9.12. The summed E-state index contributed by atoms with van der Waals surface area (Å²) in [5.41, 5.74) is -4.20. The van der Waals surface area contributed by atoms with Gasteiger partial charge in [-0.25, -0.2) is 0 Å². The number of esters is 4. The van der Waals surface area contributed by atoms with Crippen LogP contribution in [0.15, 0.2) is 12.2 Å². The molecule has 4 bridgehead atoms. The third-order valence-corrected chi connectivity index (χ3v) is 9.12. The molecule has 1 spiro atoms. The van der Waals surface area contributed by atoms with Gasteiger partial charge in [-0.1, -0.05) is 6.58 Å². The van der Waals surface area contributed by atoms with Gasteiger partial charge in [0.2, 0.25) is 0 Å². The number of ether oxygens (including phenoxy) is 4. The minimum absolute atomic E-state index is 0.287. The standard InChI is InChI=1S/C24H30O9/c1-11-8-22-10-23(11,32-13(3)26)7-6-15(22)24-9-14(31-12(2)25)18(27)21(4,20(29)33-24)17(24)16(22)19(28)30-5/h14-18,27H,1,6-10H2,2-5H3/t14-,15-,16-,17-,18+,21-,22+,23+,24-/m1/s1/i9D/t9-,14-,15-,16-,17-,18+,21-,22+,23+,24-. The summed E-state index contributed by atoms with van der Waals surface area (Å²) in [5.74, 6) is -4.69. The van der Waals surface area contributed by atoms with Gasteiger partial charge in [-0.2, -0.15) is 0 Å². The molecule has 4 saturated carbocycles. The molecule has 1 saturated heterocycles. The first kappa shape index (κ1) is 21.1. The van der Waals surface area contributed by atoms with Gasteiger partial charge in [0.25, 0.3) is 0 Å². The Morgan fingerprint density at radius 2 is 1.97 bits per heavy atom. The van der Waals surface area contributed by atoms with E-state index in [1.807, 2.05) is 0 Å². The van der Waals surface area contributed by atoms with Crippen molar-refractivity contribution < 1.29 is 44.6 Å². The molecule has 5 fully saturated rings. The van der Waals surface area contributed by atoms with Crippen molar-refractivity contribution in [2.75, 3.05) is 7.11 Å². The predicted octanol–water partition coefficient (Wildman–Crippen LogP) is 1.45. The smallest absolute Gasteiger partial charge is 0.315 e. The molecular formula is C24H30O9. The number of hydrogen-bond acceptors (Lipinski definition) is 9. The van der Waals surface area contributed by atoms with Crippen molar-refractivity contribution in [2.24, 2.45) is 28.6 Å². The molecule has 0 aromatic heterocycles. The lowest BCUT2D eigenvalue weighted by molar-refractivity contribution is -0.182. The van der Waals surface area contributed by atoms with Crippen molar-refractivity contribution in [3.63, 3.8) is 0 Å². The van der Waals surface area contributed by atoms with Crippen molar-refractivity contribution in [3.05, 3.63) is 12.2 Å². The number of aliphatic hydroxyl groups is 1. The van der Waals surface area contributed by atoms with Gasteiger partial charge in [0.05, 0.1) is 13.0 Å². The van der Waals surface area contributed by atoms with Crippen LogP contribution in [0.25, 0.3) is 0 Å². The van der Waals surface area contributed by atoms with Crippen LogP contribution in [0.4, 0.5) is 0 Å². The van der Waals surface area contributed by atoms with E-state index in [-0.39, 0.29) is 6.42 Å². The van der Waals surface area contributed by atoms with Crippen LogP contribution in [0, 0.1) is 28.6 Å². The first-order valence-electron chi connectivity index (χ1n) is 11.9. The number of carbonyl (C=O) groups excluding carboxylic acids is 4. The Labute approximate surface area is 193 Å². The molecule has 1 aliphatic heterocycles. The Hall–Kier alpha value is -2.42. The molecule has 5 aliphatic rings. The van der Waals surface area contributed by atoms with E-state index in [0.717, 1.165) is 0 Å². The Kier molecular flexibility index (Phi) is 4.22.